The molecule has 1 N–H and O–H groups in total. The smallest absolute Gasteiger partial charge is 0.282 e. The maximum Gasteiger partial charge on any atom is 0.282 e. The third-order valence-electron chi connectivity index (χ3n) is 2.28. The maximum atomic E-state index is 12.0. The van der Waals surface area contributed by atoms with Crippen LogP contribution in [-0.2, 0) is 4.79 Å². The van der Waals surface area contributed by atoms with Gasteiger partial charge in [0.2, 0.25) is 11.8 Å². The first-order valence-electron chi connectivity index (χ1n) is 5.27. The average molecular weight is 300 g/mol. The van der Waals surface area contributed by atoms with Gasteiger partial charge >= 0.3 is 0 Å². The third kappa shape index (κ3) is 2.91. The highest BCUT2D eigenvalue weighted by Crippen LogP contribution is 2.32. The summed E-state index contributed by atoms with van der Waals surface area (Å²) in [5.74, 6) is -1.13. The van der Waals surface area contributed by atoms with Gasteiger partial charge in [-0.2, -0.15) is 0 Å². The van der Waals surface area contributed by atoms with E-state index in [-0.39, 0.29) is 28.0 Å². The van der Waals surface area contributed by atoms with E-state index in [1.807, 2.05) is 0 Å². The van der Waals surface area contributed by atoms with Gasteiger partial charge in [-0.05, 0) is 12.1 Å². The van der Waals surface area contributed by atoms with Crippen LogP contribution in [0.4, 0.5) is 16.0 Å². The molecule has 2 rings (SSSR count). The van der Waals surface area contributed by atoms with Crippen molar-refractivity contribution in [2.45, 2.75) is 0 Å². The third-order valence-corrected chi connectivity index (χ3v) is 2.51. The van der Waals surface area contributed by atoms with E-state index in [0.717, 1.165) is 6.20 Å². The van der Waals surface area contributed by atoms with Gasteiger partial charge in [0.1, 0.15) is 5.56 Å². The van der Waals surface area contributed by atoms with Crippen LogP contribution < -0.4 is 5.32 Å². The molecule has 2 aromatic rings. The Labute approximate surface area is 116 Å². The molecule has 1 heterocycles. The number of alkyl halides is 1. The van der Waals surface area contributed by atoms with E-state index in [1.165, 1.54) is 18.2 Å². The molecule has 0 radical (unpaired) electrons. The molecule has 7 nitrogen and oxygen atoms in total. The topological polar surface area (TPSA) is 98.3 Å². The number of rotatable bonds is 4. The van der Waals surface area contributed by atoms with Gasteiger partial charge in [0.25, 0.3) is 11.6 Å². The Kier molecular flexibility index (Phi) is 3.94. The quantitative estimate of drug-likeness (QED) is 0.691. The molecule has 0 unspecified atom stereocenters. The van der Waals surface area contributed by atoms with Crippen molar-refractivity contribution in [1.29, 1.82) is 0 Å². The molecule has 0 saturated heterocycles. The van der Waals surface area contributed by atoms with Crippen molar-refractivity contribution < 1.29 is 18.5 Å². The highest BCUT2D eigenvalue weighted by molar-refractivity contribution is 6.31. The number of oxazole rings is 1. The Morgan fingerprint density at radius 1 is 1.55 bits per heavy atom. The second-order valence-electron chi connectivity index (χ2n) is 3.63. The van der Waals surface area contributed by atoms with E-state index in [1.54, 1.807) is 0 Å². The Hall–Kier alpha value is -2.48. The standard InChI is InChI=1S/C11H7ClFN3O4/c12-6-1-2-8(16(18)19)7(3-6)11-14-5-10(20-11)15-9(17)4-13/h1-3,5H,4H2,(H,15,17). The lowest BCUT2D eigenvalue weighted by molar-refractivity contribution is -0.384. The van der Waals surface area contributed by atoms with Crippen LogP contribution >= 0.6 is 11.6 Å². The molecule has 1 aromatic carbocycles. The summed E-state index contributed by atoms with van der Waals surface area (Å²) in [6, 6.07) is 3.88. The number of nitro benzene ring substituents is 1. The largest absolute Gasteiger partial charge is 0.420 e. The van der Waals surface area contributed by atoms with Gasteiger partial charge in [-0.25, -0.2) is 9.37 Å². The maximum absolute atomic E-state index is 12.0. The Morgan fingerprint density at radius 2 is 2.30 bits per heavy atom. The molecule has 0 bridgehead atoms. The van der Waals surface area contributed by atoms with Gasteiger partial charge in [-0.3, -0.25) is 20.2 Å². The Morgan fingerprint density at radius 3 is 2.95 bits per heavy atom. The number of nitrogens with zero attached hydrogens (tertiary/aromatic N) is 2. The summed E-state index contributed by atoms with van der Waals surface area (Å²) in [6.07, 6.45) is 1.12. The first kappa shape index (κ1) is 13.9. The van der Waals surface area contributed by atoms with E-state index in [2.05, 4.69) is 10.3 Å². The summed E-state index contributed by atoms with van der Waals surface area (Å²) in [7, 11) is 0. The van der Waals surface area contributed by atoms with Gasteiger partial charge in [0.15, 0.2) is 6.67 Å². The minimum atomic E-state index is -1.21. The number of nitrogens with one attached hydrogen (secondary N) is 1. The predicted octanol–water partition coefficient (Wildman–Crippen LogP) is 2.81. The molecule has 0 aliphatic heterocycles. The van der Waals surface area contributed by atoms with Crippen LogP contribution in [0, 0.1) is 10.1 Å². The number of anilines is 1. The van der Waals surface area contributed by atoms with Crippen molar-refractivity contribution in [2.24, 2.45) is 0 Å². The van der Waals surface area contributed by atoms with Crippen molar-refractivity contribution in [1.82, 2.24) is 4.98 Å². The molecule has 0 aliphatic rings. The SMILES string of the molecule is O=C(CF)Nc1cnc(-c2cc(Cl)ccc2[N+](=O)[O-])o1. The lowest BCUT2D eigenvalue weighted by Gasteiger charge is -2.00. The van der Waals surface area contributed by atoms with Crippen LogP contribution in [0.2, 0.25) is 5.02 Å². The number of halogens is 2. The van der Waals surface area contributed by atoms with Crippen LogP contribution in [-0.4, -0.2) is 22.5 Å². The molecule has 20 heavy (non-hydrogen) atoms. The lowest BCUT2D eigenvalue weighted by Crippen LogP contribution is -2.12. The fourth-order valence-corrected chi connectivity index (χ4v) is 1.64. The molecule has 0 atom stereocenters. The molecule has 1 aromatic heterocycles. The minimum Gasteiger partial charge on any atom is -0.420 e. The lowest BCUT2D eigenvalue weighted by atomic mass is 10.2. The van der Waals surface area contributed by atoms with E-state index in [9.17, 15) is 19.3 Å². The average Bonchev–Trinajstić information content (AvgIpc) is 2.86. The fourth-order valence-electron chi connectivity index (χ4n) is 1.47. The zero-order chi connectivity index (χ0) is 14.7. The summed E-state index contributed by atoms with van der Waals surface area (Å²) in [5.41, 5.74) is -0.192. The van der Waals surface area contributed by atoms with Gasteiger partial charge < -0.3 is 4.42 Å². The number of hydrogen-bond acceptors (Lipinski definition) is 5. The molecular weight excluding hydrogens is 293 g/mol. The second kappa shape index (κ2) is 5.66. The van der Waals surface area contributed by atoms with Gasteiger partial charge in [0, 0.05) is 11.1 Å². The molecule has 0 fully saturated rings. The highest BCUT2D eigenvalue weighted by Gasteiger charge is 2.20. The molecule has 0 aliphatic carbocycles. The Balaban J connectivity index is 2.39. The summed E-state index contributed by atoms with van der Waals surface area (Å²) < 4.78 is 17.2. The zero-order valence-corrected chi connectivity index (χ0v) is 10.6. The summed E-state index contributed by atoms with van der Waals surface area (Å²) >= 11 is 5.77. The first-order valence-corrected chi connectivity index (χ1v) is 5.65. The normalized spacial score (nSPS) is 10.3. The zero-order valence-electron chi connectivity index (χ0n) is 9.80. The molecular formula is C11H7ClFN3O4. The fraction of sp³-hybridized carbons (Fsp3) is 0.0909. The van der Waals surface area contributed by atoms with E-state index >= 15 is 0 Å². The number of carbonyl (C=O) groups excluding carboxylic acids is 1. The second-order valence-corrected chi connectivity index (χ2v) is 4.07. The number of aromatic nitrogens is 1. The summed E-state index contributed by atoms with van der Waals surface area (Å²) in [5, 5.41) is 13.3. The van der Waals surface area contributed by atoms with Gasteiger partial charge in [-0.1, -0.05) is 11.6 Å². The van der Waals surface area contributed by atoms with Crippen molar-refractivity contribution in [3.05, 3.63) is 39.5 Å². The predicted molar refractivity (Wildman–Crippen MR) is 68.2 cm³/mol. The number of amides is 1. The molecule has 9 heteroatoms. The van der Waals surface area contributed by atoms with Crippen molar-refractivity contribution in [2.75, 3.05) is 12.0 Å². The minimum absolute atomic E-state index is 0.0586. The summed E-state index contributed by atoms with van der Waals surface area (Å²) in [6.45, 7) is -1.21. The number of hydrogen-bond donors (Lipinski definition) is 1. The monoisotopic (exact) mass is 299 g/mol. The number of benzene rings is 1. The van der Waals surface area contributed by atoms with Gasteiger partial charge in [0.05, 0.1) is 11.1 Å². The highest BCUT2D eigenvalue weighted by atomic mass is 35.5. The van der Waals surface area contributed by atoms with Crippen molar-refractivity contribution in [3.8, 4) is 11.5 Å². The van der Waals surface area contributed by atoms with Crippen LogP contribution in [0.3, 0.4) is 0 Å². The molecule has 0 spiro atoms. The number of nitro groups is 1. The van der Waals surface area contributed by atoms with Crippen molar-refractivity contribution >= 4 is 29.1 Å². The first-order chi connectivity index (χ1) is 9.51. The molecule has 1 amide bonds. The van der Waals surface area contributed by atoms with Crippen molar-refractivity contribution in [3.63, 3.8) is 0 Å². The molecule has 0 saturated carbocycles. The summed E-state index contributed by atoms with van der Waals surface area (Å²) in [4.78, 5) is 24.9. The van der Waals surface area contributed by atoms with Crippen LogP contribution in [0.5, 0.6) is 0 Å². The van der Waals surface area contributed by atoms with Crippen LogP contribution in [0.1, 0.15) is 0 Å². The molecule has 104 valence electrons. The van der Waals surface area contributed by atoms with Crippen LogP contribution in [0.15, 0.2) is 28.8 Å². The van der Waals surface area contributed by atoms with E-state index in [0.29, 0.717) is 0 Å². The number of carbonyl (C=O) groups is 1. The Bertz CT molecular complexity index is 673. The van der Waals surface area contributed by atoms with Crippen LogP contribution in [0.25, 0.3) is 11.5 Å². The van der Waals surface area contributed by atoms with E-state index in [4.69, 9.17) is 16.0 Å². The van der Waals surface area contributed by atoms with Gasteiger partial charge in [-0.15, -0.1) is 0 Å². The van der Waals surface area contributed by atoms with E-state index < -0.39 is 17.5 Å².